The van der Waals surface area contributed by atoms with Crippen LogP contribution < -0.4 is 10.7 Å². The van der Waals surface area contributed by atoms with Gasteiger partial charge in [0.2, 0.25) is 0 Å². The number of phenols is 1. The molecule has 0 saturated carbocycles. The van der Waals surface area contributed by atoms with Gasteiger partial charge in [-0.05, 0) is 61.7 Å². The molecule has 0 fully saturated rings. The van der Waals surface area contributed by atoms with E-state index in [4.69, 9.17) is 0 Å². The second-order valence-electron chi connectivity index (χ2n) is 5.41. The minimum atomic E-state index is -0.851. The number of anilines is 1. The molecule has 0 heterocycles. The number of amides is 2. The standard InChI is InChI=1S/C18H19N3O3/c1-11-5-4-6-12(2)16(11)19-17(23)18(24)21-20-13(3)14-7-9-15(22)10-8-14/h4-10,22H,1-3H3,(H,19,23)(H,21,24)/b20-13+. The van der Waals surface area contributed by atoms with E-state index < -0.39 is 11.8 Å². The number of hydrogen-bond acceptors (Lipinski definition) is 4. The maximum atomic E-state index is 12.0. The number of carbonyl (C=O) groups is 2. The van der Waals surface area contributed by atoms with Crippen molar-refractivity contribution in [3.8, 4) is 5.75 Å². The number of benzene rings is 2. The quantitative estimate of drug-likeness (QED) is 0.460. The maximum Gasteiger partial charge on any atom is 0.329 e. The van der Waals surface area contributed by atoms with Crippen molar-refractivity contribution in [1.29, 1.82) is 0 Å². The molecule has 0 bridgehead atoms. The number of nitrogens with zero attached hydrogens (tertiary/aromatic N) is 1. The van der Waals surface area contributed by atoms with E-state index in [1.54, 1.807) is 19.1 Å². The summed E-state index contributed by atoms with van der Waals surface area (Å²) in [5.74, 6) is -1.49. The van der Waals surface area contributed by atoms with Crippen molar-refractivity contribution in [3.05, 3.63) is 59.2 Å². The Labute approximate surface area is 140 Å². The van der Waals surface area contributed by atoms with Crippen LogP contribution in [0, 0.1) is 13.8 Å². The number of nitrogens with one attached hydrogen (secondary N) is 2. The van der Waals surface area contributed by atoms with E-state index in [-0.39, 0.29) is 5.75 Å². The Bertz CT molecular complexity index is 775. The lowest BCUT2D eigenvalue weighted by molar-refractivity contribution is -0.136. The molecule has 0 radical (unpaired) electrons. The van der Waals surface area contributed by atoms with E-state index in [0.29, 0.717) is 11.4 Å². The predicted octanol–water partition coefficient (Wildman–Crippen LogP) is 2.49. The smallest absolute Gasteiger partial charge is 0.329 e. The first-order chi connectivity index (χ1) is 11.4. The number of aromatic hydroxyl groups is 1. The van der Waals surface area contributed by atoms with Gasteiger partial charge in [-0.1, -0.05) is 18.2 Å². The molecular weight excluding hydrogens is 306 g/mol. The Morgan fingerprint density at radius 2 is 1.54 bits per heavy atom. The minimum absolute atomic E-state index is 0.142. The highest BCUT2D eigenvalue weighted by Crippen LogP contribution is 2.19. The summed E-state index contributed by atoms with van der Waals surface area (Å²) in [7, 11) is 0. The Morgan fingerprint density at radius 3 is 2.12 bits per heavy atom. The van der Waals surface area contributed by atoms with Gasteiger partial charge in [0.1, 0.15) is 5.75 Å². The molecule has 0 unspecified atom stereocenters. The molecule has 2 aromatic carbocycles. The fourth-order valence-corrected chi connectivity index (χ4v) is 2.13. The van der Waals surface area contributed by atoms with E-state index >= 15 is 0 Å². The molecule has 3 N–H and O–H groups in total. The van der Waals surface area contributed by atoms with Gasteiger partial charge in [0, 0.05) is 5.69 Å². The molecule has 24 heavy (non-hydrogen) atoms. The summed E-state index contributed by atoms with van der Waals surface area (Å²) >= 11 is 0. The first kappa shape index (κ1) is 17.2. The molecule has 124 valence electrons. The summed E-state index contributed by atoms with van der Waals surface area (Å²) in [6.45, 7) is 5.40. The van der Waals surface area contributed by atoms with Gasteiger partial charge in [0.15, 0.2) is 0 Å². The highest BCUT2D eigenvalue weighted by Gasteiger charge is 2.15. The van der Waals surface area contributed by atoms with E-state index in [0.717, 1.165) is 16.7 Å². The largest absolute Gasteiger partial charge is 0.508 e. The van der Waals surface area contributed by atoms with E-state index in [2.05, 4.69) is 15.8 Å². The van der Waals surface area contributed by atoms with Crippen molar-refractivity contribution in [2.24, 2.45) is 5.10 Å². The molecule has 0 atom stereocenters. The number of aryl methyl sites for hydroxylation is 2. The zero-order valence-electron chi connectivity index (χ0n) is 13.8. The number of hydrogen-bond donors (Lipinski definition) is 3. The second kappa shape index (κ2) is 7.41. The van der Waals surface area contributed by atoms with E-state index in [1.165, 1.54) is 12.1 Å². The van der Waals surface area contributed by atoms with Gasteiger partial charge >= 0.3 is 11.8 Å². The molecule has 6 heteroatoms. The van der Waals surface area contributed by atoms with Crippen molar-refractivity contribution in [2.75, 3.05) is 5.32 Å². The van der Waals surface area contributed by atoms with Gasteiger partial charge in [-0.15, -0.1) is 0 Å². The lowest BCUT2D eigenvalue weighted by Crippen LogP contribution is -2.33. The number of phenolic OH excluding ortho intramolecular Hbond substituents is 1. The normalized spacial score (nSPS) is 11.0. The Kier molecular flexibility index (Phi) is 5.31. The highest BCUT2D eigenvalue weighted by atomic mass is 16.3. The second-order valence-corrected chi connectivity index (χ2v) is 5.41. The van der Waals surface area contributed by atoms with Crippen LogP contribution >= 0.6 is 0 Å². The Balaban J connectivity index is 2.02. The van der Waals surface area contributed by atoms with Gasteiger partial charge < -0.3 is 10.4 Å². The summed E-state index contributed by atoms with van der Waals surface area (Å²) in [6.07, 6.45) is 0. The summed E-state index contributed by atoms with van der Waals surface area (Å²) < 4.78 is 0. The third kappa shape index (κ3) is 4.19. The number of carbonyl (C=O) groups excluding carboxylic acids is 2. The first-order valence-corrected chi connectivity index (χ1v) is 7.39. The summed E-state index contributed by atoms with van der Waals surface area (Å²) in [5.41, 5.74) is 5.84. The number of para-hydroxylation sites is 1. The van der Waals surface area contributed by atoms with Crippen molar-refractivity contribution < 1.29 is 14.7 Å². The highest BCUT2D eigenvalue weighted by molar-refractivity contribution is 6.39. The van der Waals surface area contributed by atoms with Crippen molar-refractivity contribution in [1.82, 2.24) is 5.43 Å². The lowest BCUT2D eigenvalue weighted by Gasteiger charge is -2.10. The molecule has 2 aromatic rings. The Hall–Kier alpha value is -3.15. The fraction of sp³-hybridized carbons (Fsp3) is 0.167. The van der Waals surface area contributed by atoms with Crippen LogP contribution in [0.4, 0.5) is 5.69 Å². The fourth-order valence-electron chi connectivity index (χ4n) is 2.13. The van der Waals surface area contributed by atoms with Crippen LogP contribution in [-0.2, 0) is 9.59 Å². The van der Waals surface area contributed by atoms with E-state index in [9.17, 15) is 14.7 Å². The molecule has 0 aliphatic rings. The Morgan fingerprint density at radius 1 is 0.958 bits per heavy atom. The monoisotopic (exact) mass is 325 g/mol. The predicted molar refractivity (Wildman–Crippen MR) is 93.0 cm³/mol. The lowest BCUT2D eigenvalue weighted by atomic mass is 10.1. The van der Waals surface area contributed by atoms with Crippen molar-refractivity contribution >= 4 is 23.2 Å². The van der Waals surface area contributed by atoms with Crippen LogP contribution in [0.15, 0.2) is 47.6 Å². The van der Waals surface area contributed by atoms with Crippen molar-refractivity contribution in [2.45, 2.75) is 20.8 Å². The van der Waals surface area contributed by atoms with Crippen LogP contribution in [0.1, 0.15) is 23.6 Å². The van der Waals surface area contributed by atoms with Gasteiger partial charge in [-0.2, -0.15) is 5.10 Å². The number of rotatable bonds is 3. The molecule has 2 rings (SSSR count). The molecule has 2 amide bonds. The first-order valence-electron chi connectivity index (χ1n) is 7.39. The molecule has 6 nitrogen and oxygen atoms in total. The third-order valence-corrected chi connectivity index (χ3v) is 3.54. The summed E-state index contributed by atoms with van der Waals surface area (Å²) in [4.78, 5) is 23.9. The van der Waals surface area contributed by atoms with Crippen LogP contribution in [-0.4, -0.2) is 22.6 Å². The SMILES string of the molecule is C/C(=N\NC(=O)C(=O)Nc1c(C)cccc1C)c1ccc(O)cc1. The average molecular weight is 325 g/mol. The average Bonchev–Trinajstić information content (AvgIpc) is 2.56. The van der Waals surface area contributed by atoms with Crippen LogP contribution in [0.3, 0.4) is 0 Å². The summed E-state index contributed by atoms with van der Waals surface area (Å²) in [5, 5.41) is 15.8. The third-order valence-electron chi connectivity index (χ3n) is 3.54. The van der Waals surface area contributed by atoms with E-state index in [1.807, 2.05) is 32.0 Å². The van der Waals surface area contributed by atoms with Crippen LogP contribution in [0.5, 0.6) is 5.75 Å². The van der Waals surface area contributed by atoms with Gasteiger partial charge in [0.05, 0.1) is 5.71 Å². The van der Waals surface area contributed by atoms with Gasteiger partial charge in [-0.25, -0.2) is 5.43 Å². The van der Waals surface area contributed by atoms with Crippen LogP contribution in [0.2, 0.25) is 0 Å². The molecule has 0 aliphatic carbocycles. The summed E-state index contributed by atoms with van der Waals surface area (Å²) in [6, 6.07) is 12.0. The van der Waals surface area contributed by atoms with Crippen molar-refractivity contribution in [3.63, 3.8) is 0 Å². The van der Waals surface area contributed by atoms with Crippen LogP contribution in [0.25, 0.3) is 0 Å². The molecule has 0 aromatic heterocycles. The molecule has 0 saturated heterocycles. The van der Waals surface area contributed by atoms with Gasteiger partial charge in [-0.3, -0.25) is 9.59 Å². The zero-order valence-corrected chi connectivity index (χ0v) is 13.8. The topological polar surface area (TPSA) is 90.8 Å². The minimum Gasteiger partial charge on any atom is -0.508 e. The molecule has 0 spiro atoms. The molecule has 0 aliphatic heterocycles. The van der Waals surface area contributed by atoms with Gasteiger partial charge in [0.25, 0.3) is 0 Å². The maximum absolute atomic E-state index is 12.0. The molecular formula is C18H19N3O3. The number of hydrazone groups is 1. The zero-order chi connectivity index (χ0) is 17.7.